The second-order valence-corrected chi connectivity index (χ2v) is 13.5. The molecule has 2 N–H and O–H groups in total. The van der Waals surface area contributed by atoms with Crippen LogP contribution < -0.4 is 57.2 Å². The summed E-state index contributed by atoms with van der Waals surface area (Å²) < 4.78 is 53.1. The standard InChI is InChI=1S/C22H25NO9.C22H23NO7/c1-12(25)32-16-8-13(6-7-15(16)28-2)20-22(27,11-24)21(26)23(20)14-9-17(29-3)19(31-5)18(10-14)30-4;1-12-20(14-7-8-16(26-3)17(9-14)30-13(2)24)23(22(12)25)15-10-18(27-4)21(29-6)19(11-15)28-5/h6-10,20,24,27H,11H2,1-5H3;7-11,20H,1H2,2-6H3/t20-,22-;20-/m01/s1. The molecule has 0 bridgehead atoms. The molecular weight excluding hydrogens is 812 g/mol. The van der Waals surface area contributed by atoms with E-state index in [2.05, 4.69) is 6.58 Å². The minimum atomic E-state index is -2.08. The van der Waals surface area contributed by atoms with Gasteiger partial charge in [-0.2, -0.15) is 0 Å². The molecule has 2 saturated heterocycles. The molecule has 2 fully saturated rings. The van der Waals surface area contributed by atoms with Gasteiger partial charge in [0, 0.05) is 43.7 Å². The van der Waals surface area contributed by atoms with Crippen LogP contribution in [0.5, 0.6) is 57.5 Å². The Morgan fingerprint density at radius 1 is 0.581 bits per heavy atom. The van der Waals surface area contributed by atoms with E-state index in [1.165, 1.54) is 81.7 Å². The summed E-state index contributed by atoms with van der Waals surface area (Å²) in [7, 11) is 11.7. The molecule has 2 aliphatic heterocycles. The quantitative estimate of drug-likeness (QED) is 0.0716. The number of hydrogen-bond acceptors (Lipinski definition) is 16. The smallest absolute Gasteiger partial charge is 0.308 e. The number of benzene rings is 4. The molecule has 0 unspecified atom stereocenters. The summed E-state index contributed by atoms with van der Waals surface area (Å²) in [6, 6.07) is 14.8. The number of aliphatic hydroxyl groups is 2. The third-order valence-electron chi connectivity index (χ3n) is 9.99. The molecule has 2 amide bonds. The predicted octanol–water partition coefficient (Wildman–Crippen LogP) is 4.75. The highest BCUT2D eigenvalue weighted by atomic mass is 16.6. The van der Waals surface area contributed by atoms with Crippen LogP contribution in [0.1, 0.15) is 37.1 Å². The molecule has 18 heteroatoms. The number of hydrogen-bond donors (Lipinski definition) is 2. The first kappa shape index (κ1) is 45.9. The monoisotopic (exact) mass is 860 g/mol. The molecule has 6 rings (SSSR count). The largest absolute Gasteiger partial charge is 0.493 e. The van der Waals surface area contributed by atoms with E-state index in [4.69, 9.17) is 47.4 Å². The van der Waals surface area contributed by atoms with Crippen LogP contribution in [0, 0.1) is 0 Å². The second kappa shape index (κ2) is 19.0. The van der Waals surface area contributed by atoms with Gasteiger partial charge >= 0.3 is 11.9 Å². The van der Waals surface area contributed by atoms with Gasteiger partial charge in [-0.1, -0.05) is 18.7 Å². The van der Waals surface area contributed by atoms with E-state index in [-0.39, 0.29) is 17.4 Å². The van der Waals surface area contributed by atoms with Crippen LogP contribution in [-0.4, -0.2) is 103 Å². The first-order valence-corrected chi connectivity index (χ1v) is 18.6. The van der Waals surface area contributed by atoms with E-state index in [0.29, 0.717) is 74.1 Å². The van der Waals surface area contributed by atoms with Gasteiger partial charge < -0.3 is 57.6 Å². The van der Waals surface area contributed by atoms with Gasteiger partial charge in [-0.25, -0.2) is 0 Å². The van der Waals surface area contributed by atoms with Gasteiger partial charge in [-0.15, -0.1) is 0 Å². The Morgan fingerprint density at radius 3 is 1.34 bits per heavy atom. The van der Waals surface area contributed by atoms with Crippen molar-refractivity contribution < 1.29 is 76.8 Å². The Morgan fingerprint density at radius 2 is 0.968 bits per heavy atom. The normalized spacial score (nSPS) is 17.6. The molecule has 0 spiro atoms. The number of β-lactam (4-membered cyclic amide) rings is 2. The van der Waals surface area contributed by atoms with Crippen LogP contribution in [0.2, 0.25) is 0 Å². The fourth-order valence-electron chi connectivity index (χ4n) is 7.14. The number of ether oxygens (including phenoxy) is 10. The molecule has 2 heterocycles. The molecule has 4 aromatic rings. The van der Waals surface area contributed by atoms with E-state index < -0.39 is 42.1 Å². The van der Waals surface area contributed by atoms with Crippen LogP contribution in [0.4, 0.5) is 11.4 Å². The SMILES string of the molecule is C=C1C(=O)N(c2cc(OC)c(OC)c(OC)c2)[C@H]1c1ccc(OC)c(OC(C)=O)c1.COc1ccc([C@@H]2N(c3cc(OC)c(OC)c(OC)c3)C(=O)[C@]2(O)CO)cc1OC(C)=O. The number of carbonyl (C=O) groups excluding carboxylic acids is 4. The molecule has 3 atom stereocenters. The van der Waals surface area contributed by atoms with E-state index in [1.807, 2.05) is 0 Å². The van der Waals surface area contributed by atoms with Crippen molar-refractivity contribution in [3.8, 4) is 57.5 Å². The molecule has 2 aliphatic rings. The Kier molecular flexibility index (Phi) is 14.1. The summed E-state index contributed by atoms with van der Waals surface area (Å²) in [5, 5.41) is 20.8. The van der Waals surface area contributed by atoms with Crippen molar-refractivity contribution in [2.24, 2.45) is 0 Å². The number of amides is 2. The molecule has 0 saturated carbocycles. The van der Waals surface area contributed by atoms with Crippen LogP contribution >= 0.6 is 0 Å². The number of anilines is 2. The number of methoxy groups -OCH3 is 8. The Bertz CT molecular complexity index is 2330. The fourth-order valence-corrected chi connectivity index (χ4v) is 7.14. The van der Waals surface area contributed by atoms with Gasteiger partial charge in [0.05, 0.1) is 80.9 Å². The zero-order valence-electron chi connectivity index (χ0n) is 35.8. The van der Waals surface area contributed by atoms with Crippen molar-refractivity contribution in [2.45, 2.75) is 31.5 Å². The first-order chi connectivity index (χ1) is 29.6. The van der Waals surface area contributed by atoms with Crippen molar-refractivity contribution in [2.75, 3.05) is 73.3 Å². The van der Waals surface area contributed by atoms with E-state index >= 15 is 0 Å². The predicted molar refractivity (Wildman–Crippen MR) is 222 cm³/mol. The average Bonchev–Trinajstić information content (AvgIpc) is 3.27. The van der Waals surface area contributed by atoms with Crippen molar-refractivity contribution in [3.63, 3.8) is 0 Å². The van der Waals surface area contributed by atoms with Gasteiger partial charge in [0.2, 0.25) is 11.5 Å². The van der Waals surface area contributed by atoms with Crippen molar-refractivity contribution in [1.82, 2.24) is 0 Å². The van der Waals surface area contributed by atoms with Crippen molar-refractivity contribution in [3.05, 3.63) is 83.9 Å². The topological polar surface area (TPSA) is 208 Å². The molecule has 330 valence electrons. The average molecular weight is 861 g/mol. The van der Waals surface area contributed by atoms with E-state index in [9.17, 15) is 29.4 Å². The maximum Gasteiger partial charge on any atom is 0.308 e. The number of esters is 2. The maximum atomic E-state index is 12.9. The van der Waals surface area contributed by atoms with E-state index in [0.717, 1.165) is 0 Å². The Balaban J connectivity index is 0.000000235. The third kappa shape index (κ3) is 8.42. The molecule has 0 aromatic heterocycles. The summed E-state index contributed by atoms with van der Waals surface area (Å²) in [4.78, 5) is 51.4. The molecule has 0 aliphatic carbocycles. The second-order valence-electron chi connectivity index (χ2n) is 13.5. The van der Waals surface area contributed by atoms with Crippen LogP contribution in [0.3, 0.4) is 0 Å². The summed E-state index contributed by atoms with van der Waals surface area (Å²) >= 11 is 0. The van der Waals surface area contributed by atoms with E-state index in [1.54, 1.807) is 59.5 Å². The summed E-state index contributed by atoms with van der Waals surface area (Å²) in [5.74, 6) is 1.30. The Labute approximate surface area is 357 Å². The first-order valence-electron chi connectivity index (χ1n) is 18.6. The van der Waals surface area contributed by atoms with Crippen LogP contribution in [-0.2, 0) is 19.2 Å². The molecule has 0 radical (unpaired) electrons. The lowest BCUT2D eigenvalue weighted by Crippen LogP contribution is -2.70. The van der Waals surface area contributed by atoms with Crippen molar-refractivity contribution in [1.29, 1.82) is 0 Å². The fraction of sp³-hybridized carbons (Fsp3) is 0.318. The molecule has 62 heavy (non-hydrogen) atoms. The summed E-state index contributed by atoms with van der Waals surface area (Å²) in [6.07, 6.45) is 0. The molecule has 18 nitrogen and oxygen atoms in total. The highest BCUT2D eigenvalue weighted by Crippen LogP contribution is 2.52. The van der Waals surface area contributed by atoms with Gasteiger partial charge in [0.25, 0.3) is 11.8 Å². The minimum absolute atomic E-state index is 0.113. The Hall–Kier alpha value is -7.18. The highest BCUT2D eigenvalue weighted by molar-refractivity contribution is 6.15. The zero-order valence-corrected chi connectivity index (χ0v) is 35.8. The highest BCUT2D eigenvalue weighted by Gasteiger charge is 2.61. The van der Waals surface area contributed by atoms with Crippen molar-refractivity contribution >= 4 is 35.1 Å². The summed E-state index contributed by atoms with van der Waals surface area (Å²) in [6.45, 7) is 5.64. The van der Waals surface area contributed by atoms with Gasteiger partial charge in [-0.05, 0) is 35.4 Å². The summed E-state index contributed by atoms with van der Waals surface area (Å²) in [5.41, 5.74) is 0.344. The van der Waals surface area contributed by atoms with Gasteiger partial charge in [0.15, 0.2) is 51.6 Å². The number of carbonyl (C=O) groups is 4. The maximum absolute atomic E-state index is 12.9. The lowest BCUT2D eigenvalue weighted by Gasteiger charge is -2.52. The lowest BCUT2D eigenvalue weighted by atomic mass is 9.78. The lowest BCUT2D eigenvalue weighted by molar-refractivity contribution is -0.160. The van der Waals surface area contributed by atoms with Crippen LogP contribution in [0.15, 0.2) is 72.8 Å². The minimum Gasteiger partial charge on any atom is -0.493 e. The number of nitrogens with zero attached hydrogens (tertiary/aromatic N) is 2. The van der Waals surface area contributed by atoms with Gasteiger partial charge in [-0.3, -0.25) is 29.0 Å². The number of aliphatic hydroxyl groups excluding tert-OH is 1. The van der Waals surface area contributed by atoms with Crippen LogP contribution in [0.25, 0.3) is 0 Å². The zero-order chi connectivity index (χ0) is 45.6. The molecule has 4 aromatic carbocycles. The molecular formula is C44H48N2O16. The van der Waals surface area contributed by atoms with Gasteiger partial charge in [0.1, 0.15) is 6.04 Å². The number of rotatable bonds is 15. The third-order valence-corrected chi connectivity index (χ3v) is 9.99.